The van der Waals surface area contributed by atoms with Crippen LogP contribution in [0.1, 0.15) is 25.3 Å². The molecular formula is C18H25FN2O4S. The molecule has 1 aromatic rings. The molecule has 0 bridgehead atoms. The van der Waals surface area contributed by atoms with Crippen LogP contribution in [0.2, 0.25) is 0 Å². The zero-order chi connectivity index (χ0) is 18.8. The molecule has 2 saturated heterocycles. The summed E-state index contributed by atoms with van der Waals surface area (Å²) in [6.07, 6.45) is 0.932. The summed E-state index contributed by atoms with van der Waals surface area (Å²) in [7, 11) is -3.84. The second kappa shape index (κ2) is 7.62. The van der Waals surface area contributed by atoms with Crippen molar-refractivity contribution in [2.75, 3.05) is 39.4 Å². The van der Waals surface area contributed by atoms with E-state index in [1.165, 1.54) is 4.90 Å². The first-order valence-corrected chi connectivity index (χ1v) is 10.5. The Kier molecular flexibility index (Phi) is 5.64. The molecule has 0 N–H and O–H groups in total. The molecule has 144 valence electrons. The minimum Gasteiger partial charge on any atom is -0.378 e. The Hall–Kier alpha value is -1.51. The van der Waals surface area contributed by atoms with Crippen molar-refractivity contribution in [2.24, 2.45) is 0 Å². The first-order valence-electron chi connectivity index (χ1n) is 9.02. The molecule has 2 aliphatic heterocycles. The molecule has 2 aliphatic rings. The van der Waals surface area contributed by atoms with Crippen molar-refractivity contribution in [3.05, 3.63) is 29.8 Å². The largest absolute Gasteiger partial charge is 0.378 e. The zero-order valence-corrected chi connectivity index (χ0v) is 15.8. The molecule has 8 heteroatoms. The quantitative estimate of drug-likeness (QED) is 0.791. The minimum atomic E-state index is -3.84. The number of nitrogens with zero attached hydrogens (tertiary/aromatic N) is 2. The summed E-state index contributed by atoms with van der Waals surface area (Å²) in [6, 6.07) is 6.76. The molecule has 6 nitrogen and oxygen atoms in total. The molecule has 0 aliphatic carbocycles. The summed E-state index contributed by atoms with van der Waals surface area (Å²) in [5.74, 6) is -0.621. The maximum Gasteiger partial charge on any atom is 0.261 e. The molecule has 1 aromatic carbocycles. The van der Waals surface area contributed by atoms with Crippen molar-refractivity contribution in [2.45, 2.75) is 36.8 Å². The van der Waals surface area contributed by atoms with E-state index in [2.05, 4.69) is 0 Å². The Morgan fingerprint density at radius 1 is 1.23 bits per heavy atom. The highest BCUT2D eigenvalue weighted by Crippen LogP contribution is 2.32. The van der Waals surface area contributed by atoms with Gasteiger partial charge in [0.25, 0.3) is 5.91 Å². The van der Waals surface area contributed by atoms with Crippen LogP contribution >= 0.6 is 0 Å². The topological polar surface area (TPSA) is 66.9 Å². The summed E-state index contributed by atoms with van der Waals surface area (Å²) in [6.45, 7) is 3.13. The smallest absolute Gasteiger partial charge is 0.261 e. The van der Waals surface area contributed by atoms with Crippen molar-refractivity contribution in [3.63, 3.8) is 0 Å². The number of benzene rings is 1. The Morgan fingerprint density at radius 2 is 1.92 bits per heavy atom. The number of sulfonamides is 1. The van der Waals surface area contributed by atoms with Gasteiger partial charge in [-0.15, -0.1) is 0 Å². The average Bonchev–Trinajstić information content (AvgIpc) is 2.68. The van der Waals surface area contributed by atoms with Crippen LogP contribution in [-0.4, -0.2) is 68.6 Å². The number of piperidine rings is 1. The second-order valence-electron chi connectivity index (χ2n) is 6.77. The lowest BCUT2D eigenvalue weighted by atomic mass is 9.94. The standard InChI is InChI=1S/C18H25FN2O4S/c1-2-15-6-3-4-7-16(15)26(23,24)21-9-5-8-18(19,14-21)17(22)20-10-12-25-13-11-20/h3-4,6-7H,2,5,8-14H2,1H3. The normalized spacial score (nSPS) is 25.2. The predicted molar refractivity (Wildman–Crippen MR) is 95.1 cm³/mol. The Bertz CT molecular complexity index is 764. The van der Waals surface area contributed by atoms with Crippen molar-refractivity contribution in [1.82, 2.24) is 9.21 Å². The number of aryl methyl sites for hydroxylation is 1. The first-order chi connectivity index (χ1) is 12.4. The lowest BCUT2D eigenvalue weighted by Crippen LogP contribution is -2.58. The van der Waals surface area contributed by atoms with Gasteiger partial charge in [0.2, 0.25) is 15.7 Å². The van der Waals surface area contributed by atoms with E-state index in [-0.39, 0.29) is 17.9 Å². The van der Waals surface area contributed by atoms with Crippen LogP contribution in [0.5, 0.6) is 0 Å². The fraction of sp³-hybridized carbons (Fsp3) is 0.611. The maximum atomic E-state index is 15.5. The molecular weight excluding hydrogens is 359 g/mol. The number of halogens is 1. The Labute approximate surface area is 154 Å². The van der Waals surface area contributed by atoms with Gasteiger partial charge in [0, 0.05) is 19.6 Å². The monoisotopic (exact) mass is 384 g/mol. The van der Waals surface area contributed by atoms with E-state index < -0.39 is 28.1 Å². The number of carbonyl (C=O) groups is 1. The number of carbonyl (C=O) groups excluding carboxylic acids is 1. The third-order valence-corrected chi connectivity index (χ3v) is 7.01. The SMILES string of the molecule is CCc1ccccc1S(=O)(=O)N1CCCC(F)(C(=O)N2CCOCC2)C1. The number of alkyl halides is 1. The van der Waals surface area contributed by atoms with E-state index in [1.807, 2.05) is 6.92 Å². The number of hydrogen-bond donors (Lipinski definition) is 0. The molecule has 2 fully saturated rings. The van der Waals surface area contributed by atoms with Crippen molar-refractivity contribution in [3.8, 4) is 0 Å². The van der Waals surface area contributed by atoms with Crippen LogP contribution in [-0.2, 0) is 26.0 Å². The molecule has 3 rings (SSSR count). The van der Waals surface area contributed by atoms with Crippen LogP contribution in [0, 0.1) is 0 Å². The van der Waals surface area contributed by atoms with Gasteiger partial charge < -0.3 is 9.64 Å². The van der Waals surface area contributed by atoms with Gasteiger partial charge in [0.1, 0.15) is 0 Å². The highest BCUT2D eigenvalue weighted by Gasteiger charge is 2.48. The van der Waals surface area contributed by atoms with E-state index >= 15 is 4.39 Å². The van der Waals surface area contributed by atoms with E-state index in [0.717, 1.165) is 4.31 Å². The molecule has 1 atom stereocenters. The first kappa shape index (κ1) is 19.3. The van der Waals surface area contributed by atoms with E-state index in [4.69, 9.17) is 4.74 Å². The molecule has 0 spiro atoms. The van der Waals surface area contributed by atoms with Crippen LogP contribution < -0.4 is 0 Å². The maximum absolute atomic E-state index is 15.5. The molecule has 0 aromatic heterocycles. The highest BCUT2D eigenvalue weighted by molar-refractivity contribution is 7.89. The fourth-order valence-electron chi connectivity index (χ4n) is 3.59. The molecule has 0 saturated carbocycles. The predicted octanol–water partition coefficient (Wildman–Crippen LogP) is 1.60. The average molecular weight is 384 g/mol. The second-order valence-corrected chi connectivity index (χ2v) is 8.68. The molecule has 1 amide bonds. The highest BCUT2D eigenvalue weighted by atomic mass is 32.2. The van der Waals surface area contributed by atoms with Crippen molar-refractivity contribution < 1.29 is 22.3 Å². The van der Waals surface area contributed by atoms with Gasteiger partial charge in [-0.3, -0.25) is 4.79 Å². The lowest BCUT2D eigenvalue weighted by Gasteiger charge is -2.39. The summed E-state index contributed by atoms with van der Waals surface area (Å²) in [5.41, 5.74) is -1.48. The summed E-state index contributed by atoms with van der Waals surface area (Å²) in [5, 5.41) is 0. The van der Waals surface area contributed by atoms with Crippen molar-refractivity contribution >= 4 is 15.9 Å². The minimum absolute atomic E-state index is 0.0463. The Morgan fingerprint density at radius 3 is 2.62 bits per heavy atom. The number of amides is 1. The van der Waals surface area contributed by atoms with Crippen molar-refractivity contribution in [1.29, 1.82) is 0 Å². The van der Waals surface area contributed by atoms with Gasteiger partial charge in [0.15, 0.2) is 0 Å². The molecule has 0 radical (unpaired) electrons. The van der Waals surface area contributed by atoms with E-state index in [1.54, 1.807) is 24.3 Å². The molecule has 1 unspecified atom stereocenters. The van der Waals surface area contributed by atoms with Crippen LogP contribution in [0.15, 0.2) is 29.2 Å². The number of hydrogen-bond acceptors (Lipinski definition) is 4. The Balaban J connectivity index is 1.84. The van der Waals surface area contributed by atoms with Gasteiger partial charge >= 0.3 is 0 Å². The number of rotatable bonds is 4. The molecule has 26 heavy (non-hydrogen) atoms. The fourth-order valence-corrected chi connectivity index (χ4v) is 5.41. The van der Waals surface area contributed by atoms with E-state index in [9.17, 15) is 13.2 Å². The third-order valence-electron chi connectivity index (χ3n) is 5.06. The van der Waals surface area contributed by atoms with Crippen LogP contribution in [0.4, 0.5) is 4.39 Å². The third kappa shape index (κ3) is 3.63. The number of ether oxygens (including phenoxy) is 1. The van der Waals surface area contributed by atoms with Crippen LogP contribution in [0.25, 0.3) is 0 Å². The zero-order valence-electron chi connectivity index (χ0n) is 15.0. The molecule has 2 heterocycles. The summed E-state index contributed by atoms with van der Waals surface area (Å²) >= 11 is 0. The van der Waals surface area contributed by atoms with Gasteiger partial charge in [-0.2, -0.15) is 4.31 Å². The summed E-state index contributed by atoms with van der Waals surface area (Å²) in [4.78, 5) is 14.3. The van der Waals surface area contributed by atoms with Gasteiger partial charge in [-0.1, -0.05) is 25.1 Å². The summed E-state index contributed by atoms with van der Waals surface area (Å²) < 4.78 is 48.0. The van der Waals surface area contributed by atoms with Gasteiger partial charge in [-0.05, 0) is 30.9 Å². The lowest BCUT2D eigenvalue weighted by molar-refractivity contribution is -0.150. The van der Waals surface area contributed by atoms with Gasteiger partial charge in [0.05, 0.1) is 24.7 Å². The van der Waals surface area contributed by atoms with Crippen LogP contribution in [0.3, 0.4) is 0 Å². The van der Waals surface area contributed by atoms with E-state index in [0.29, 0.717) is 44.7 Å². The van der Waals surface area contributed by atoms with Gasteiger partial charge in [-0.25, -0.2) is 12.8 Å². The number of morpholine rings is 1.